The predicted molar refractivity (Wildman–Crippen MR) is 83.9 cm³/mol. The van der Waals surface area contributed by atoms with Crippen LogP contribution in [0.4, 0.5) is 0 Å². The van der Waals surface area contributed by atoms with Crippen molar-refractivity contribution < 1.29 is 9.21 Å². The Bertz CT molecular complexity index is 847. The molecule has 118 valence electrons. The second-order valence-corrected chi connectivity index (χ2v) is 4.99. The first-order valence-electron chi connectivity index (χ1n) is 7.18. The van der Waals surface area contributed by atoms with E-state index in [0.29, 0.717) is 5.82 Å². The maximum Gasteiger partial charge on any atom is 0.345 e. The molecule has 0 bridgehead atoms. The van der Waals surface area contributed by atoms with Crippen molar-refractivity contribution in [3.8, 4) is 11.4 Å². The van der Waals surface area contributed by atoms with Gasteiger partial charge in [0.1, 0.15) is 0 Å². The van der Waals surface area contributed by atoms with Gasteiger partial charge in [0.25, 0.3) is 5.91 Å². The fourth-order valence-electron chi connectivity index (χ4n) is 2.24. The summed E-state index contributed by atoms with van der Waals surface area (Å²) < 4.78 is 7.83. The summed E-state index contributed by atoms with van der Waals surface area (Å²) in [4.78, 5) is 24.0. The minimum Gasteiger partial charge on any atom is -0.459 e. The largest absolute Gasteiger partial charge is 0.459 e. The third-order valence-electron chi connectivity index (χ3n) is 3.43. The molecule has 1 aromatic carbocycles. The van der Waals surface area contributed by atoms with Crippen molar-refractivity contribution in [1.82, 2.24) is 19.7 Å². The standard InChI is InChI=1S/C16H16N4O3/c1-19-14(12-6-3-2-4-7-12)18-20(16(19)22)10-9-17-15(21)13-8-5-11-23-13/h2-8,11H,9-10H2,1H3,(H,17,21). The van der Waals surface area contributed by atoms with Crippen LogP contribution in [0.5, 0.6) is 0 Å². The van der Waals surface area contributed by atoms with Crippen LogP contribution in [0, 0.1) is 0 Å². The molecule has 0 aliphatic rings. The molecule has 0 aliphatic heterocycles. The number of rotatable bonds is 5. The fraction of sp³-hybridized carbons (Fsp3) is 0.188. The molecule has 7 heteroatoms. The van der Waals surface area contributed by atoms with Crippen LogP contribution < -0.4 is 11.0 Å². The van der Waals surface area contributed by atoms with E-state index in [1.54, 1.807) is 19.2 Å². The average Bonchev–Trinajstić information content (AvgIpc) is 3.20. The van der Waals surface area contributed by atoms with Crippen molar-refractivity contribution in [3.63, 3.8) is 0 Å². The summed E-state index contributed by atoms with van der Waals surface area (Å²) in [5.74, 6) is 0.513. The predicted octanol–water partition coefficient (Wildman–Crippen LogP) is 1.27. The normalized spacial score (nSPS) is 10.7. The highest BCUT2D eigenvalue weighted by atomic mass is 16.3. The van der Waals surface area contributed by atoms with E-state index in [2.05, 4.69) is 10.4 Å². The van der Waals surface area contributed by atoms with E-state index in [-0.39, 0.29) is 30.4 Å². The summed E-state index contributed by atoms with van der Waals surface area (Å²) >= 11 is 0. The van der Waals surface area contributed by atoms with Crippen molar-refractivity contribution in [3.05, 3.63) is 65.0 Å². The van der Waals surface area contributed by atoms with Crippen LogP contribution >= 0.6 is 0 Å². The third-order valence-corrected chi connectivity index (χ3v) is 3.43. The zero-order chi connectivity index (χ0) is 16.2. The Morgan fingerprint density at radius 3 is 2.70 bits per heavy atom. The molecule has 0 unspecified atom stereocenters. The van der Waals surface area contributed by atoms with E-state index in [1.165, 1.54) is 15.5 Å². The first-order chi connectivity index (χ1) is 11.2. The van der Waals surface area contributed by atoms with Gasteiger partial charge >= 0.3 is 5.69 Å². The number of carbonyl (C=O) groups excluding carboxylic acids is 1. The number of benzene rings is 1. The molecule has 0 aliphatic carbocycles. The van der Waals surface area contributed by atoms with Gasteiger partial charge in [0.2, 0.25) is 0 Å². The lowest BCUT2D eigenvalue weighted by molar-refractivity contribution is 0.0924. The molecule has 3 rings (SSSR count). The SMILES string of the molecule is Cn1c(-c2ccccc2)nn(CCNC(=O)c2ccco2)c1=O. The maximum atomic E-state index is 12.2. The Kier molecular flexibility index (Phi) is 4.09. The number of carbonyl (C=O) groups is 1. The van der Waals surface area contributed by atoms with Crippen LogP contribution in [0.15, 0.2) is 57.9 Å². The molecular weight excluding hydrogens is 296 g/mol. The van der Waals surface area contributed by atoms with E-state index in [1.807, 2.05) is 30.3 Å². The molecule has 0 atom stereocenters. The monoisotopic (exact) mass is 312 g/mol. The van der Waals surface area contributed by atoms with E-state index < -0.39 is 0 Å². The van der Waals surface area contributed by atoms with E-state index in [0.717, 1.165) is 5.56 Å². The zero-order valence-corrected chi connectivity index (χ0v) is 12.6. The van der Waals surface area contributed by atoms with Crippen molar-refractivity contribution in [1.29, 1.82) is 0 Å². The lowest BCUT2D eigenvalue weighted by Gasteiger charge is -2.02. The molecule has 0 spiro atoms. The van der Waals surface area contributed by atoms with Gasteiger partial charge < -0.3 is 9.73 Å². The number of furan rings is 1. The Hall–Kier alpha value is -3.09. The molecule has 1 N–H and O–H groups in total. The van der Waals surface area contributed by atoms with E-state index in [9.17, 15) is 9.59 Å². The molecule has 0 radical (unpaired) electrons. The number of aromatic nitrogens is 3. The Morgan fingerprint density at radius 2 is 2.00 bits per heavy atom. The van der Waals surface area contributed by atoms with Crippen molar-refractivity contribution in [2.45, 2.75) is 6.54 Å². The summed E-state index contributed by atoms with van der Waals surface area (Å²) in [5, 5.41) is 7.02. The van der Waals surface area contributed by atoms with Gasteiger partial charge in [-0.25, -0.2) is 9.48 Å². The zero-order valence-electron chi connectivity index (χ0n) is 12.6. The lowest BCUT2D eigenvalue weighted by atomic mass is 10.2. The molecule has 1 amide bonds. The molecule has 0 saturated carbocycles. The Balaban J connectivity index is 1.69. The molecule has 3 aromatic rings. The smallest absolute Gasteiger partial charge is 0.345 e. The summed E-state index contributed by atoms with van der Waals surface area (Å²) in [6, 6.07) is 12.7. The maximum absolute atomic E-state index is 12.2. The van der Waals surface area contributed by atoms with Gasteiger partial charge in [-0.2, -0.15) is 0 Å². The van der Waals surface area contributed by atoms with Gasteiger partial charge in [0, 0.05) is 19.2 Å². The molecular formula is C16H16N4O3. The number of nitrogens with one attached hydrogen (secondary N) is 1. The summed E-state index contributed by atoms with van der Waals surface area (Å²) in [7, 11) is 1.68. The van der Waals surface area contributed by atoms with Gasteiger partial charge in [0.15, 0.2) is 11.6 Å². The van der Waals surface area contributed by atoms with Crippen molar-refractivity contribution in [2.24, 2.45) is 7.05 Å². The number of amides is 1. The van der Waals surface area contributed by atoms with Gasteiger partial charge in [-0.15, -0.1) is 5.10 Å². The highest BCUT2D eigenvalue weighted by Crippen LogP contribution is 2.13. The molecule has 2 aromatic heterocycles. The van der Waals surface area contributed by atoms with Gasteiger partial charge in [-0.1, -0.05) is 30.3 Å². The number of nitrogens with zero attached hydrogens (tertiary/aromatic N) is 3. The summed E-state index contributed by atoms with van der Waals surface area (Å²) in [5.41, 5.74) is 0.640. The Morgan fingerprint density at radius 1 is 1.22 bits per heavy atom. The second kappa shape index (κ2) is 6.35. The number of hydrogen-bond donors (Lipinski definition) is 1. The van der Waals surface area contributed by atoms with Crippen LogP contribution in [-0.2, 0) is 13.6 Å². The molecule has 23 heavy (non-hydrogen) atoms. The molecule has 2 heterocycles. The van der Waals surface area contributed by atoms with Crippen LogP contribution in [0.1, 0.15) is 10.6 Å². The highest BCUT2D eigenvalue weighted by molar-refractivity contribution is 5.91. The first-order valence-corrected chi connectivity index (χ1v) is 7.18. The third kappa shape index (κ3) is 3.08. The van der Waals surface area contributed by atoms with Crippen LogP contribution in [0.3, 0.4) is 0 Å². The lowest BCUT2D eigenvalue weighted by Crippen LogP contribution is -2.31. The molecule has 7 nitrogen and oxygen atoms in total. The van der Waals surface area contributed by atoms with E-state index in [4.69, 9.17) is 4.42 Å². The topological polar surface area (TPSA) is 82.1 Å². The minimum absolute atomic E-state index is 0.226. The quantitative estimate of drug-likeness (QED) is 0.769. The number of hydrogen-bond acceptors (Lipinski definition) is 4. The van der Waals surface area contributed by atoms with Gasteiger partial charge in [0.05, 0.1) is 12.8 Å². The first kappa shape index (κ1) is 14.8. The molecule has 0 saturated heterocycles. The summed E-state index contributed by atoms with van der Waals surface area (Å²) in [6.45, 7) is 0.566. The van der Waals surface area contributed by atoms with Crippen LogP contribution in [-0.4, -0.2) is 26.8 Å². The van der Waals surface area contributed by atoms with Crippen molar-refractivity contribution >= 4 is 5.91 Å². The van der Waals surface area contributed by atoms with Crippen LogP contribution in [0.25, 0.3) is 11.4 Å². The van der Waals surface area contributed by atoms with Gasteiger partial charge in [-0.3, -0.25) is 9.36 Å². The Labute approximate surface area is 132 Å². The highest BCUT2D eigenvalue weighted by Gasteiger charge is 2.12. The fourth-order valence-corrected chi connectivity index (χ4v) is 2.24. The van der Waals surface area contributed by atoms with Gasteiger partial charge in [-0.05, 0) is 12.1 Å². The van der Waals surface area contributed by atoms with E-state index >= 15 is 0 Å². The minimum atomic E-state index is -0.317. The average molecular weight is 312 g/mol. The van der Waals surface area contributed by atoms with Crippen LogP contribution in [0.2, 0.25) is 0 Å². The second-order valence-electron chi connectivity index (χ2n) is 4.99. The summed E-state index contributed by atoms with van der Waals surface area (Å²) in [6.07, 6.45) is 1.43. The molecule has 0 fully saturated rings. The van der Waals surface area contributed by atoms with Crippen molar-refractivity contribution in [2.75, 3.05) is 6.54 Å².